The van der Waals surface area contributed by atoms with Gasteiger partial charge in [0, 0.05) is 32.6 Å². The molecule has 0 bridgehead atoms. The van der Waals surface area contributed by atoms with Crippen LogP contribution in [0.5, 0.6) is 0 Å². The highest BCUT2D eigenvalue weighted by molar-refractivity contribution is 5.78. The Morgan fingerprint density at radius 2 is 2.21 bits per heavy atom. The Kier molecular flexibility index (Phi) is 4.39. The molecule has 0 aromatic carbocycles. The van der Waals surface area contributed by atoms with Gasteiger partial charge in [0.05, 0.1) is 0 Å². The van der Waals surface area contributed by atoms with Gasteiger partial charge in [0.1, 0.15) is 0 Å². The van der Waals surface area contributed by atoms with Gasteiger partial charge in [-0.1, -0.05) is 13.8 Å². The van der Waals surface area contributed by atoms with E-state index < -0.39 is 0 Å². The number of amides is 1. The summed E-state index contributed by atoms with van der Waals surface area (Å²) in [6.07, 6.45) is 1.81. The van der Waals surface area contributed by atoms with Crippen LogP contribution in [0.1, 0.15) is 26.7 Å². The molecule has 0 atom stereocenters. The van der Waals surface area contributed by atoms with Crippen LogP contribution in [-0.2, 0) is 4.79 Å². The molecule has 1 saturated heterocycles. The number of likely N-dealkylation sites (N-methyl/N-ethyl adjacent to an activating group) is 1. The molecule has 1 amide bonds. The fourth-order valence-electron chi connectivity index (χ4n) is 1.95. The molecule has 82 valence electrons. The van der Waals surface area contributed by atoms with Crippen molar-refractivity contribution in [3.63, 3.8) is 0 Å². The zero-order chi connectivity index (χ0) is 10.6. The molecular weight excluding hydrogens is 176 g/mol. The topological polar surface area (TPSA) is 23.6 Å². The first-order valence-electron chi connectivity index (χ1n) is 5.56. The van der Waals surface area contributed by atoms with E-state index in [2.05, 4.69) is 25.8 Å². The number of hydrogen-bond acceptors (Lipinski definition) is 2. The summed E-state index contributed by atoms with van der Waals surface area (Å²) in [5.41, 5.74) is 0. The van der Waals surface area contributed by atoms with Crippen LogP contribution < -0.4 is 0 Å². The third-order valence-electron chi connectivity index (χ3n) is 2.60. The molecule has 1 aliphatic rings. The van der Waals surface area contributed by atoms with Crippen molar-refractivity contribution in [2.75, 3.05) is 33.2 Å². The Hall–Kier alpha value is -0.570. The van der Waals surface area contributed by atoms with Crippen molar-refractivity contribution < 1.29 is 4.79 Å². The number of hydrogen-bond donors (Lipinski definition) is 0. The number of likely N-dealkylation sites (tertiary alicyclic amines) is 1. The highest BCUT2D eigenvalue weighted by Crippen LogP contribution is 2.08. The second-order valence-corrected chi connectivity index (χ2v) is 4.64. The van der Waals surface area contributed by atoms with Crippen molar-refractivity contribution >= 4 is 5.91 Å². The van der Waals surface area contributed by atoms with E-state index in [1.807, 2.05) is 4.90 Å². The largest absolute Gasteiger partial charge is 0.341 e. The van der Waals surface area contributed by atoms with Crippen molar-refractivity contribution in [1.29, 1.82) is 0 Å². The Bertz CT molecular complexity index is 192. The number of rotatable bonds is 5. The molecule has 0 spiro atoms. The fraction of sp³-hybridized carbons (Fsp3) is 0.909. The summed E-state index contributed by atoms with van der Waals surface area (Å²) in [6.45, 7) is 8.43. The maximum absolute atomic E-state index is 11.3. The van der Waals surface area contributed by atoms with E-state index in [1.54, 1.807) is 0 Å². The lowest BCUT2D eigenvalue weighted by Crippen LogP contribution is -2.35. The Morgan fingerprint density at radius 1 is 1.50 bits per heavy atom. The van der Waals surface area contributed by atoms with E-state index in [0.29, 0.717) is 11.8 Å². The summed E-state index contributed by atoms with van der Waals surface area (Å²) in [4.78, 5) is 15.6. The minimum atomic E-state index is 0.336. The quantitative estimate of drug-likeness (QED) is 0.662. The summed E-state index contributed by atoms with van der Waals surface area (Å²) in [5, 5.41) is 0. The smallest absolute Gasteiger partial charge is 0.222 e. The molecule has 1 aliphatic heterocycles. The number of nitrogens with zero attached hydrogens (tertiary/aromatic N) is 2. The molecular formula is C11H22N2O. The molecule has 0 unspecified atom stereocenters. The van der Waals surface area contributed by atoms with Crippen LogP contribution >= 0.6 is 0 Å². The SMILES string of the molecule is CC(C)CN(C)CCN1CCCC1=O. The van der Waals surface area contributed by atoms with Gasteiger partial charge < -0.3 is 9.80 Å². The van der Waals surface area contributed by atoms with Gasteiger partial charge >= 0.3 is 0 Å². The maximum Gasteiger partial charge on any atom is 0.222 e. The van der Waals surface area contributed by atoms with Crippen LogP contribution in [0.15, 0.2) is 0 Å². The van der Waals surface area contributed by atoms with E-state index >= 15 is 0 Å². The molecule has 1 heterocycles. The summed E-state index contributed by atoms with van der Waals surface area (Å²) < 4.78 is 0. The highest BCUT2D eigenvalue weighted by Gasteiger charge is 2.19. The van der Waals surface area contributed by atoms with Crippen molar-refractivity contribution in [3.05, 3.63) is 0 Å². The molecule has 0 aromatic heterocycles. The maximum atomic E-state index is 11.3. The Labute approximate surface area is 87.1 Å². The number of carbonyl (C=O) groups is 1. The monoisotopic (exact) mass is 198 g/mol. The zero-order valence-corrected chi connectivity index (χ0v) is 9.62. The van der Waals surface area contributed by atoms with Crippen molar-refractivity contribution in [1.82, 2.24) is 9.80 Å². The molecule has 1 rings (SSSR count). The lowest BCUT2D eigenvalue weighted by molar-refractivity contribution is -0.127. The molecule has 0 radical (unpaired) electrons. The third kappa shape index (κ3) is 3.66. The van der Waals surface area contributed by atoms with Crippen molar-refractivity contribution in [3.8, 4) is 0 Å². The van der Waals surface area contributed by atoms with Crippen LogP contribution in [0.25, 0.3) is 0 Å². The van der Waals surface area contributed by atoms with Gasteiger partial charge in [0.25, 0.3) is 0 Å². The van der Waals surface area contributed by atoms with E-state index in [1.165, 1.54) is 0 Å². The van der Waals surface area contributed by atoms with Gasteiger partial charge in [0.15, 0.2) is 0 Å². The van der Waals surface area contributed by atoms with E-state index in [0.717, 1.165) is 39.0 Å². The van der Waals surface area contributed by atoms with Gasteiger partial charge in [0.2, 0.25) is 5.91 Å². The van der Waals surface area contributed by atoms with Crippen molar-refractivity contribution in [2.45, 2.75) is 26.7 Å². The second-order valence-electron chi connectivity index (χ2n) is 4.64. The summed E-state index contributed by atoms with van der Waals surface area (Å²) >= 11 is 0. The molecule has 0 aromatic rings. The normalized spacial score (nSPS) is 17.5. The summed E-state index contributed by atoms with van der Waals surface area (Å²) in [5.74, 6) is 1.04. The lowest BCUT2D eigenvalue weighted by Gasteiger charge is -2.22. The first kappa shape index (κ1) is 11.5. The average Bonchev–Trinajstić information content (AvgIpc) is 2.46. The fourth-order valence-corrected chi connectivity index (χ4v) is 1.95. The Morgan fingerprint density at radius 3 is 2.71 bits per heavy atom. The van der Waals surface area contributed by atoms with E-state index in [4.69, 9.17) is 0 Å². The van der Waals surface area contributed by atoms with E-state index in [9.17, 15) is 4.79 Å². The van der Waals surface area contributed by atoms with Gasteiger partial charge in [-0.2, -0.15) is 0 Å². The molecule has 0 aliphatic carbocycles. The average molecular weight is 198 g/mol. The minimum Gasteiger partial charge on any atom is -0.341 e. The second kappa shape index (κ2) is 5.35. The van der Waals surface area contributed by atoms with Crippen LogP contribution in [0.2, 0.25) is 0 Å². The summed E-state index contributed by atoms with van der Waals surface area (Å²) in [6, 6.07) is 0. The zero-order valence-electron chi connectivity index (χ0n) is 9.62. The van der Waals surface area contributed by atoms with Gasteiger partial charge in [-0.05, 0) is 19.4 Å². The van der Waals surface area contributed by atoms with E-state index in [-0.39, 0.29) is 0 Å². The molecule has 3 heteroatoms. The summed E-state index contributed by atoms with van der Waals surface area (Å²) in [7, 11) is 2.13. The number of carbonyl (C=O) groups excluding carboxylic acids is 1. The predicted octanol–water partition coefficient (Wildman–Crippen LogP) is 1.20. The predicted molar refractivity (Wildman–Crippen MR) is 58.1 cm³/mol. The Balaban J connectivity index is 2.16. The molecule has 3 nitrogen and oxygen atoms in total. The molecule has 1 fully saturated rings. The van der Waals surface area contributed by atoms with Crippen LogP contribution in [0.3, 0.4) is 0 Å². The van der Waals surface area contributed by atoms with Gasteiger partial charge in [-0.15, -0.1) is 0 Å². The van der Waals surface area contributed by atoms with Crippen LogP contribution in [-0.4, -0.2) is 48.9 Å². The molecule has 0 saturated carbocycles. The molecule has 14 heavy (non-hydrogen) atoms. The van der Waals surface area contributed by atoms with Crippen LogP contribution in [0, 0.1) is 5.92 Å². The minimum absolute atomic E-state index is 0.336. The van der Waals surface area contributed by atoms with Crippen molar-refractivity contribution in [2.24, 2.45) is 5.92 Å². The van der Waals surface area contributed by atoms with Gasteiger partial charge in [-0.25, -0.2) is 0 Å². The van der Waals surface area contributed by atoms with Gasteiger partial charge in [-0.3, -0.25) is 4.79 Å². The van der Waals surface area contributed by atoms with Crippen LogP contribution in [0.4, 0.5) is 0 Å². The highest BCUT2D eigenvalue weighted by atomic mass is 16.2. The lowest BCUT2D eigenvalue weighted by atomic mass is 10.2. The molecule has 0 N–H and O–H groups in total. The first-order valence-corrected chi connectivity index (χ1v) is 5.56. The standard InChI is InChI=1S/C11H22N2O/c1-10(2)9-12(3)7-8-13-6-4-5-11(13)14/h10H,4-9H2,1-3H3. The third-order valence-corrected chi connectivity index (χ3v) is 2.60. The first-order chi connectivity index (χ1) is 6.59.